The van der Waals surface area contributed by atoms with E-state index in [1.807, 2.05) is 0 Å². The Hall–Kier alpha value is -0.450. The van der Waals surface area contributed by atoms with Crippen LogP contribution in [0.3, 0.4) is 0 Å². The Morgan fingerprint density at radius 1 is 1.39 bits per heavy atom. The topological polar surface area (TPSA) is 42.2 Å². The summed E-state index contributed by atoms with van der Waals surface area (Å²) < 4.78 is 0. The predicted molar refractivity (Wildman–Crippen MR) is 79.9 cm³/mol. The van der Waals surface area contributed by atoms with Crippen LogP contribution in [-0.2, 0) is 13.0 Å². The van der Waals surface area contributed by atoms with E-state index in [-0.39, 0.29) is 5.41 Å². The van der Waals surface area contributed by atoms with Gasteiger partial charge in [0.1, 0.15) is 0 Å². The normalized spacial score (nSPS) is 12.3. The Bertz CT molecular complexity index is 347. The van der Waals surface area contributed by atoms with Crippen LogP contribution in [0.2, 0.25) is 0 Å². The SMILES string of the molecule is CCCc1nc(CN(CC)CC(C)(C)CN)cs1. The summed E-state index contributed by atoms with van der Waals surface area (Å²) in [6, 6.07) is 0. The zero-order valence-electron chi connectivity index (χ0n) is 12.2. The standard InChI is InChI=1S/C14H27N3S/c1-5-7-13-16-12(9-18-13)8-17(6-2)11-14(3,4)10-15/h9H,5-8,10-11,15H2,1-4H3. The summed E-state index contributed by atoms with van der Waals surface area (Å²) in [5, 5.41) is 3.46. The number of hydrogen-bond acceptors (Lipinski definition) is 4. The van der Waals surface area contributed by atoms with Crippen LogP contribution in [0.1, 0.15) is 44.8 Å². The van der Waals surface area contributed by atoms with Crippen LogP contribution in [0, 0.1) is 5.41 Å². The van der Waals surface area contributed by atoms with Crippen molar-refractivity contribution < 1.29 is 0 Å². The molecule has 0 saturated heterocycles. The molecule has 0 aliphatic rings. The molecule has 0 aliphatic carbocycles. The summed E-state index contributed by atoms with van der Waals surface area (Å²) in [5.74, 6) is 0. The van der Waals surface area contributed by atoms with Gasteiger partial charge < -0.3 is 5.73 Å². The minimum absolute atomic E-state index is 0.179. The summed E-state index contributed by atoms with van der Waals surface area (Å²) in [6.45, 7) is 12.6. The number of hydrogen-bond donors (Lipinski definition) is 1. The fourth-order valence-corrected chi connectivity index (χ4v) is 2.82. The lowest BCUT2D eigenvalue weighted by Crippen LogP contribution is -2.38. The summed E-state index contributed by atoms with van der Waals surface area (Å²) in [6.07, 6.45) is 2.27. The first kappa shape index (κ1) is 15.6. The van der Waals surface area contributed by atoms with E-state index in [0.717, 1.165) is 32.6 Å². The van der Waals surface area contributed by atoms with Crippen molar-refractivity contribution in [3.63, 3.8) is 0 Å². The van der Waals surface area contributed by atoms with Gasteiger partial charge in [-0.1, -0.05) is 27.7 Å². The Labute approximate surface area is 115 Å². The molecule has 1 aromatic heterocycles. The average Bonchev–Trinajstić information content (AvgIpc) is 2.76. The van der Waals surface area contributed by atoms with Gasteiger partial charge in [-0.05, 0) is 31.3 Å². The third kappa shape index (κ3) is 5.04. The van der Waals surface area contributed by atoms with Crippen molar-refractivity contribution in [2.75, 3.05) is 19.6 Å². The fraction of sp³-hybridized carbons (Fsp3) is 0.786. The highest BCUT2D eigenvalue weighted by atomic mass is 32.1. The van der Waals surface area contributed by atoms with E-state index >= 15 is 0 Å². The van der Waals surface area contributed by atoms with Gasteiger partial charge in [0.25, 0.3) is 0 Å². The molecule has 18 heavy (non-hydrogen) atoms. The van der Waals surface area contributed by atoms with Crippen molar-refractivity contribution in [3.8, 4) is 0 Å². The maximum atomic E-state index is 5.81. The van der Waals surface area contributed by atoms with Gasteiger partial charge in [-0.2, -0.15) is 0 Å². The molecule has 0 aromatic carbocycles. The minimum atomic E-state index is 0.179. The monoisotopic (exact) mass is 269 g/mol. The lowest BCUT2D eigenvalue weighted by atomic mass is 9.93. The maximum Gasteiger partial charge on any atom is 0.0928 e. The zero-order valence-corrected chi connectivity index (χ0v) is 13.0. The highest BCUT2D eigenvalue weighted by molar-refractivity contribution is 7.09. The predicted octanol–water partition coefficient (Wildman–Crippen LogP) is 2.90. The molecule has 104 valence electrons. The number of aryl methyl sites for hydroxylation is 1. The lowest BCUT2D eigenvalue weighted by molar-refractivity contribution is 0.182. The molecule has 0 bridgehead atoms. The second-order valence-electron chi connectivity index (χ2n) is 5.65. The van der Waals surface area contributed by atoms with E-state index in [0.29, 0.717) is 0 Å². The van der Waals surface area contributed by atoms with Crippen molar-refractivity contribution in [3.05, 3.63) is 16.1 Å². The van der Waals surface area contributed by atoms with Crippen LogP contribution < -0.4 is 5.73 Å². The lowest BCUT2D eigenvalue weighted by Gasteiger charge is -2.30. The van der Waals surface area contributed by atoms with Crippen molar-refractivity contribution >= 4 is 11.3 Å². The van der Waals surface area contributed by atoms with Crippen LogP contribution in [0.5, 0.6) is 0 Å². The van der Waals surface area contributed by atoms with Gasteiger partial charge in [0.2, 0.25) is 0 Å². The van der Waals surface area contributed by atoms with E-state index in [4.69, 9.17) is 5.73 Å². The molecule has 4 heteroatoms. The first-order chi connectivity index (χ1) is 8.50. The summed E-state index contributed by atoms with van der Waals surface area (Å²) in [7, 11) is 0. The third-order valence-corrected chi connectivity index (χ3v) is 4.06. The van der Waals surface area contributed by atoms with E-state index in [9.17, 15) is 0 Å². The highest BCUT2D eigenvalue weighted by Gasteiger charge is 2.19. The van der Waals surface area contributed by atoms with Gasteiger partial charge in [-0.25, -0.2) is 4.98 Å². The van der Waals surface area contributed by atoms with Gasteiger partial charge in [-0.3, -0.25) is 4.90 Å². The number of rotatable bonds is 8. The van der Waals surface area contributed by atoms with Crippen molar-refractivity contribution in [2.45, 2.75) is 47.1 Å². The number of nitrogens with zero attached hydrogens (tertiary/aromatic N) is 2. The molecule has 0 saturated carbocycles. The van der Waals surface area contributed by atoms with Crippen LogP contribution in [0.4, 0.5) is 0 Å². The summed E-state index contributed by atoms with van der Waals surface area (Å²) in [4.78, 5) is 7.12. The molecule has 1 rings (SSSR count). The smallest absolute Gasteiger partial charge is 0.0928 e. The molecular formula is C14H27N3S. The van der Waals surface area contributed by atoms with Gasteiger partial charge >= 0.3 is 0 Å². The molecular weight excluding hydrogens is 242 g/mol. The molecule has 0 aliphatic heterocycles. The number of nitrogens with two attached hydrogens (primary N) is 1. The molecule has 1 aromatic rings. The van der Waals surface area contributed by atoms with Gasteiger partial charge in [-0.15, -0.1) is 11.3 Å². The third-order valence-electron chi connectivity index (χ3n) is 3.10. The van der Waals surface area contributed by atoms with Crippen molar-refractivity contribution in [1.29, 1.82) is 0 Å². The molecule has 0 fully saturated rings. The zero-order chi connectivity index (χ0) is 13.6. The maximum absolute atomic E-state index is 5.81. The Balaban J connectivity index is 2.56. The van der Waals surface area contributed by atoms with Crippen molar-refractivity contribution in [2.24, 2.45) is 11.1 Å². The van der Waals surface area contributed by atoms with E-state index < -0.39 is 0 Å². The van der Waals surface area contributed by atoms with Gasteiger partial charge in [0.05, 0.1) is 10.7 Å². The minimum Gasteiger partial charge on any atom is -0.330 e. The van der Waals surface area contributed by atoms with Crippen LogP contribution in [0.15, 0.2) is 5.38 Å². The molecule has 3 nitrogen and oxygen atoms in total. The van der Waals surface area contributed by atoms with Crippen LogP contribution in [-0.4, -0.2) is 29.5 Å². The molecule has 1 heterocycles. The number of aromatic nitrogens is 1. The van der Waals surface area contributed by atoms with Crippen LogP contribution >= 0.6 is 11.3 Å². The molecule has 0 radical (unpaired) electrons. The quantitative estimate of drug-likeness (QED) is 0.789. The fourth-order valence-electron chi connectivity index (χ4n) is 1.93. The second-order valence-corrected chi connectivity index (χ2v) is 6.60. The second kappa shape index (κ2) is 7.22. The first-order valence-electron chi connectivity index (χ1n) is 6.86. The van der Waals surface area contributed by atoms with E-state index in [2.05, 4.69) is 43.0 Å². The van der Waals surface area contributed by atoms with E-state index in [1.54, 1.807) is 11.3 Å². The molecule has 0 atom stereocenters. The summed E-state index contributed by atoms with van der Waals surface area (Å²) >= 11 is 1.79. The summed E-state index contributed by atoms with van der Waals surface area (Å²) in [5.41, 5.74) is 7.19. The van der Waals surface area contributed by atoms with Crippen LogP contribution in [0.25, 0.3) is 0 Å². The Morgan fingerprint density at radius 3 is 2.67 bits per heavy atom. The Morgan fingerprint density at radius 2 is 2.11 bits per heavy atom. The highest BCUT2D eigenvalue weighted by Crippen LogP contribution is 2.18. The first-order valence-corrected chi connectivity index (χ1v) is 7.74. The largest absolute Gasteiger partial charge is 0.330 e. The van der Waals surface area contributed by atoms with E-state index in [1.165, 1.54) is 17.1 Å². The average molecular weight is 269 g/mol. The molecule has 0 unspecified atom stereocenters. The molecule has 0 amide bonds. The molecule has 2 N–H and O–H groups in total. The van der Waals surface area contributed by atoms with Gasteiger partial charge in [0, 0.05) is 18.5 Å². The number of thiazole rings is 1. The van der Waals surface area contributed by atoms with Gasteiger partial charge in [0.15, 0.2) is 0 Å². The molecule has 0 spiro atoms. The van der Waals surface area contributed by atoms with Crippen molar-refractivity contribution in [1.82, 2.24) is 9.88 Å². The Kier molecular flexibility index (Phi) is 6.26.